The van der Waals surface area contributed by atoms with E-state index >= 15 is 0 Å². The van der Waals surface area contributed by atoms with Gasteiger partial charge in [-0.1, -0.05) is 74.3 Å². The van der Waals surface area contributed by atoms with Crippen LogP contribution in [0, 0.1) is 0 Å². The first-order chi connectivity index (χ1) is 15.2. The van der Waals surface area contributed by atoms with E-state index < -0.39 is 11.6 Å². The molecule has 0 heterocycles. The molecule has 0 saturated heterocycles. The van der Waals surface area contributed by atoms with Gasteiger partial charge in [0.1, 0.15) is 6.04 Å². The highest BCUT2D eigenvalue weighted by atomic mass is 35.5. The van der Waals surface area contributed by atoms with Crippen LogP contribution in [0.2, 0.25) is 10.0 Å². The van der Waals surface area contributed by atoms with Gasteiger partial charge in [0.05, 0.1) is 0 Å². The molecule has 180 valence electrons. The van der Waals surface area contributed by atoms with E-state index in [0.29, 0.717) is 22.9 Å². The summed E-state index contributed by atoms with van der Waals surface area (Å²) in [6.07, 6.45) is 0.898. The first-order valence-corrected chi connectivity index (χ1v) is 12.1. The third kappa shape index (κ3) is 8.35. The maximum absolute atomic E-state index is 13.3. The van der Waals surface area contributed by atoms with E-state index in [1.165, 1.54) is 5.56 Å². The first kappa shape index (κ1) is 27.2. The number of hydrogen-bond acceptors (Lipinski definition) is 2. The van der Waals surface area contributed by atoms with Crippen LogP contribution in [0.5, 0.6) is 0 Å². The second-order valence-electron chi connectivity index (χ2n) is 10.6. The highest BCUT2D eigenvalue weighted by Crippen LogP contribution is 2.25. The van der Waals surface area contributed by atoms with E-state index in [1.54, 1.807) is 30.0 Å². The van der Waals surface area contributed by atoms with Gasteiger partial charge in [0, 0.05) is 28.5 Å². The first-order valence-electron chi connectivity index (χ1n) is 11.3. The molecule has 2 aromatic rings. The van der Waals surface area contributed by atoms with Crippen LogP contribution in [0.4, 0.5) is 0 Å². The number of benzene rings is 2. The zero-order valence-electron chi connectivity index (χ0n) is 20.8. The molecule has 0 aliphatic carbocycles. The molecule has 0 aliphatic rings. The Labute approximate surface area is 208 Å². The summed E-state index contributed by atoms with van der Waals surface area (Å²) in [5.41, 5.74) is 2.78. The normalized spacial score (nSPS) is 12.9. The van der Waals surface area contributed by atoms with E-state index in [1.807, 2.05) is 20.8 Å². The fraction of sp³-hybridized carbons (Fsp3) is 0.481. The van der Waals surface area contributed by atoms with Gasteiger partial charge < -0.3 is 10.2 Å². The van der Waals surface area contributed by atoms with Gasteiger partial charge in [-0.05, 0) is 68.4 Å². The lowest BCUT2D eigenvalue weighted by Crippen LogP contribution is -2.52. The largest absolute Gasteiger partial charge is 0.350 e. The van der Waals surface area contributed by atoms with Gasteiger partial charge in [0.15, 0.2) is 0 Å². The Hall–Kier alpha value is -2.04. The zero-order valence-corrected chi connectivity index (χ0v) is 22.3. The summed E-state index contributed by atoms with van der Waals surface area (Å²) in [5.74, 6) is -0.298. The SMILES string of the molecule is C[C@@H](C(=O)NC(C)(C)C)N(Cc1ccc(Cl)cc1Cl)C(=O)CCc1ccc(C(C)(C)C)cc1. The Morgan fingerprint density at radius 1 is 0.970 bits per heavy atom. The second kappa shape index (κ2) is 10.9. The number of nitrogens with zero attached hydrogens (tertiary/aromatic N) is 1. The topological polar surface area (TPSA) is 49.4 Å². The fourth-order valence-electron chi connectivity index (χ4n) is 3.46. The third-order valence-corrected chi connectivity index (χ3v) is 6.06. The lowest BCUT2D eigenvalue weighted by molar-refractivity contribution is -0.141. The third-order valence-electron chi connectivity index (χ3n) is 5.47. The van der Waals surface area contributed by atoms with Crippen LogP contribution in [-0.2, 0) is 28.0 Å². The van der Waals surface area contributed by atoms with Crippen molar-refractivity contribution in [2.75, 3.05) is 0 Å². The summed E-state index contributed by atoms with van der Waals surface area (Å²) in [7, 11) is 0. The molecule has 0 aromatic heterocycles. The Balaban J connectivity index is 2.20. The smallest absolute Gasteiger partial charge is 0.242 e. The highest BCUT2D eigenvalue weighted by Gasteiger charge is 2.28. The molecule has 0 bridgehead atoms. The van der Waals surface area contributed by atoms with Crippen molar-refractivity contribution in [3.8, 4) is 0 Å². The minimum absolute atomic E-state index is 0.0822. The van der Waals surface area contributed by atoms with Crippen molar-refractivity contribution >= 4 is 35.0 Å². The predicted octanol–water partition coefficient (Wildman–Crippen LogP) is 6.56. The molecule has 1 atom stereocenters. The van der Waals surface area contributed by atoms with Crippen LogP contribution in [0.3, 0.4) is 0 Å². The fourth-order valence-corrected chi connectivity index (χ4v) is 3.92. The maximum Gasteiger partial charge on any atom is 0.242 e. The Kier molecular flexibility index (Phi) is 9.01. The van der Waals surface area contributed by atoms with Crippen LogP contribution >= 0.6 is 23.2 Å². The summed E-state index contributed by atoms with van der Waals surface area (Å²) >= 11 is 12.4. The minimum atomic E-state index is -0.647. The molecule has 4 nitrogen and oxygen atoms in total. The molecule has 2 rings (SSSR count). The summed E-state index contributed by atoms with van der Waals surface area (Å²) < 4.78 is 0. The van der Waals surface area contributed by atoms with E-state index in [9.17, 15) is 9.59 Å². The number of aryl methyl sites for hydroxylation is 1. The van der Waals surface area contributed by atoms with E-state index in [4.69, 9.17) is 23.2 Å². The molecule has 0 radical (unpaired) electrons. The van der Waals surface area contributed by atoms with Crippen molar-refractivity contribution in [1.29, 1.82) is 0 Å². The molecule has 0 spiro atoms. The molecule has 0 saturated carbocycles. The van der Waals surface area contributed by atoms with Crippen LogP contribution in [0.1, 0.15) is 71.6 Å². The van der Waals surface area contributed by atoms with Gasteiger partial charge in [-0.15, -0.1) is 0 Å². The average Bonchev–Trinajstić information content (AvgIpc) is 2.69. The Bertz CT molecular complexity index is 973. The van der Waals surface area contributed by atoms with Gasteiger partial charge in [-0.3, -0.25) is 9.59 Å². The van der Waals surface area contributed by atoms with Crippen molar-refractivity contribution in [1.82, 2.24) is 10.2 Å². The monoisotopic (exact) mass is 490 g/mol. The van der Waals surface area contributed by atoms with Crippen LogP contribution in [0.25, 0.3) is 0 Å². The second-order valence-corrected chi connectivity index (χ2v) is 11.5. The molecule has 1 N–H and O–H groups in total. The summed E-state index contributed by atoms with van der Waals surface area (Å²) in [4.78, 5) is 27.8. The van der Waals surface area contributed by atoms with Crippen molar-refractivity contribution < 1.29 is 9.59 Å². The number of hydrogen-bond donors (Lipinski definition) is 1. The van der Waals surface area contributed by atoms with Gasteiger partial charge in [0.25, 0.3) is 0 Å². The number of rotatable bonds is 7. The lowest BCUT2D eigenvalue weighted by Gasteiger charge is -2.32. The molecular weight excluding hydrogens is 455 g/mol. The molecule has 2 aromatic carbocycles. The Morgan fingerprint density at radius 2 is 1.58 bits per heavy atom. The number of halogens is 2. The van der Waals surface area contributed by atoms with Gasteiger partial charge in [-0.25, -0.2) is 0 Å². The summed E-state index contributed by atoms with van der Waals surface area (Å²) in [5, 5.41) is 3.97. The van der Waals surface area contributed by atoms with Gasteiger partial charge in [-0.2, -0.15) is 0 Å². The highest BCUT2D eigenvalue weighted by molar-refractivity contribution is 6.35. The quantitative estimate of drug-likeness (QED) is 0.477. The van der Waals surface area contributed by atoms with Crippen molar-refractivity contribution in [3.05, 3.63) is 69.2 Å². The number of nitrogens with one attached hydrogen (secondary N) is 1. The van der Waals surface area contributed by atoms with Gasteiger partial charge in [0.2, 0.25) is 11.8 Å². The van der Waals surface area contributed by atoms with Gasteiger partial charge >= 0.3 is 0 Å². The average molecular weight is 492 g/mol. The molecule has 0 unspecified atom stereocenters. The standard InChI is InChI=1S/C27H36Cl2N2O2/c1-18(25(33)30-27(5,6)7)31(17-20-11-14-22(28)16-23(20)29)24(32)15-10-19-8-12-21(13-9-19)26(2,3)4/h8-9,11-14,16,18H,10,15,17H2,1-7H3,(H,30,33)/t18-/m0/s1. The van der Waals surface area contributed by atoms with Crippen molar-refractivity contribution in [3.63, 3.8) is 0 Å². The van der Waals surface area contributed by atoms with Crippen LogP contribution in [0.15, 0.2) is 42.5 Å². The van der Waals surface area contributed by atoms with Crippen molar-refractivity contribution in [2.45, 2.75) is 84.8 Å². The van der Waals surface area contributed by atoms with E-state index in [0.717, 1.165) is 11.1 Å². The van der Waals surface area contributed by atoms with E-state index in [-0.39, 0.29) is 23.8 Å². The number of carbonyl (C=O) groups is 2. The minimum Gasteiger partial charge on any atom is -0.350 e. The van der Waals surface area contributed by atoms with E-state index in [2.05, 4.69) is 50.4 Å². The zero-order chi connectivity index (χ0) is 25.0. The summed E-state index contributed by atoms with van der Waals surface area (Å²) in [6, 6.07) is 12.9. The molecule has 6 heteroatoms. The van der Waals surface area contributed by atoms with Crippen molar-refractivity contribution in [2.24, 2.45) is 0 Å². The lowest BCUT2D eigenvalue weighted by atomic mass is 9.86. The molecule has 2 amide bonds. The predicted molar refractivity (Wildman–Crippen MR) is 138 cm³/mol. The molecule has 33 heavy (non-hydrogen) atoms. The summed E-state index contributed by atoms with van der Waals surface area (Å²) in [6.45, 7) is 14.3. The molecular formula is C27H36Cl2N2O2. The van der Waals surface area contributed by atoms with Crippen LogP contribution < -0.4 is 5.32 Å². The number of carbonyl (C=O) groups excluding carboxylic acids is 2. The Morgan fingerprint density at radius 3 is 2.09 bits per heavy atom. The van der Waals surface area contributed by atoms with Crippen LogP contribution in [-0.4, -0.2) is 28.3 Å². The molecule has 0 aliphatic heterocycles. The molecule has 0 fully saturated rings. The number of amides is 2. The maximum atomic E-state index is 13.3.